The average Bonchev–Trinajstić information content (AvgIpc) is 3.06. The summed E-state index contributed by atoms with van der Waals surface area (Å²) in [7, 11) is 0. The molecular formula is C17H18N2O3. The first-order valence-corrected chi connectivity index (χ1v) is 7.30. The van der Waals surface area contributed by atoms with E-state index in [2.05, 4.69) is 10.3 Å². The number of hydrogen-bond donors (Lipinski definition) is 1. The van der Waals surface area contributed by atoms with Crippen molar-refractivity contribution in [2.24, 2.45) is 5.92 Å². The highest BCUT2D eigenvalue weighted by molar-refractivity contribution is 5.92. The molecule has 2 aromatic rings. The summed E-state index contributed by atoms with van der Waals surface area (Å²) in [4.78, 5) is 16.2. The number of benzene rings is 1. The van der Waals surface area contributed by atoms with Gasteiger partial charge in [-0.3, -0.25) is 4.79 Å². The van der Waals surface area contributed by atoms with Gasteiger partial charge in [0.25, 0.3) is 0 Å². The number of aryl methyl sites for hydroxylation is 1. The lowest BCUT2D eigenvalue weighted by atomic mass is 10.1. The summed E-state index contributed by atoms with van der Waals surface area (Å²) in [6, 6.07) is 11.3. The molecule has 1 aromatic carbocycles. The summed E-state index contributed by atoms with van der Waals surface area (Å²) in [6.45, 7) is 3.17. The van der Waals surface area contributed by atoms with Crippen LogP contribution in [0.15, 0.2) is 42.6 Å². The third kappa shape index (κ3) is 3.62. The molecule has 1 atom stereocenters. The summed E-state index contributed by atoms with van der Waals surface area (Å²) >= 11 is 0. The molecule has 1 unspecified atom stereocenters. The number of rotatable bonds is 4. The summed E-state index contributed by atoms with van der Waals surface area (Å²) in [5.74, 6) is 1.14. The molecule has 2 heterocycles. The molecule has 5 nitrogen and oxygen atoms in total. The third-order valence-electron chi connectivity index (χ3n) is 3.55. The fourth-order valence-electron chi connectivity index (χ4n) is 2.23. The van der Waals surface area contributed by atoms with E-state index in [1.807, 2.05) is 31.2 Å². The zero-order chi connectivity index (χ0) is 15.4. The van der Waals surface area contributed by atoms with Crippen LogP contribution in [0.5, 0.6) is 11.6 Å². The Morgan fingerprint density at radius 3 is 2.73 bits per heavy atom. The molecule has 1 aliphatic rings. The monoisotopic (exact) mass is 298 g/mol. The molecule has 0 aliphatic carbocycles. The topological polar surface area (TPSA) is 60.5 Å². The first-order chi connectivity index (χ1) is 10.7. The van der Waals surface area contributed by atoms with Gasteiger partial charge in [0.05, 0.1) is 24.4 Å². The Kier molecular flexibility index (Phi) is 4.34. The van der Waals surface area contributed by atoms with E-state index in [-0.39, 0.29) is 11.8 Å². The van der Waals surface area contributed by atoms with Gasteiger partial charge in [0, 0.05) is 12.7 Å². The molecule has 5 heteroatoms. The van der Waals surface area contributed by atoms with Gasteiger partial charge in [-0.2, -0.15) is 0 Å². The van der Waals surface area contributed by atoms with Gasteiger partial charge >= 0.3 is 0 Å². The molecule has 0 spiro atoms. The minimum Gasteiger partial charge on any atom is -0.439 e. The molecule has 1 N–H and O–H groups in total. The fourth-order valence-corrected chi connectivity index (χ4v) is 2.23. The second-order valence-corrected chi connectivity index (χ2v) is 5.35. The number of hydrogen-bond acceptors (Lipinski definition) is 4. The van der Waals surface area contributed by atoms with Gasteiger partial charge in [0.1, 0.15) is 5.75 Å². The van der Waals surface area contributed by atoms with Crippen LogP contribution < -0.4 is 10.1 Å². The van der Waals surface area contributed by atoms with Gasteiger partial charge in [-0.15, -0.1) is 0 Å². The van der Waals surface area contributed by atoms with Gasteiger partial charge in [0.15, 0.2) is 0 Å². The molecule has 0 saturated carbocycles. The summed E-state index contributed by atoms with van der Waals surface area (Å²) in [5, 5.41) is 2.85. The lowest BCUT2D eigenvalue weighted by molar-refractivity contribution is -0.119. The number of nitrogens with zero attached hydrogens (tertiary/aromatic N) is 1. The number of carbonyl (C=O) groups is 1. The maximum absolute atomic E-state index is 12.0. The van der Waals surface area contributed by atoms with Crippen LogP contribution in [0.2, 0.25) is 0 Å². The SMILES string of the molecule is Cc1ccc(Oc2ccc(NC(=O)C3CCOC3)cn2)cc1. The van der Waals surface area contributed by atoms with Crippen molar-refractivity contribution in [2.45, 2.75) is 13.3 Å². The lowest BCUT2D eigenvalue weighted by Gasteiger charge is -2.10. The Bertz CT molecular complexity index is 632. The third-order valence-corrected chi connectivity index (χ3v) is 3.55. The molecule has 114 valence electrons. The second kappa shape index (κ2) is 6.58. The Morgan fingerprint density at radius 2 is 2.09 bits per heavy atom. The van der Waals surface area contributed by atoms with Crippen LogP contribution in [-0.2, 0) is 9.53 Å². The zero-order valence-corrected chi connectivity index (χ0v) is 12.4. The first-order valence-electron chi connectivity index (χ1n) is 7.30. The summed E-state index contributed by atoms with van der Waals surface area (Å²) in [6.07, 6.45) is 2.37. The van der Waals surface area contributed by atoms with E-state index in [4.69, 9.17) is 9.47 Å². The van der Waals surface area contributed by atoms with Gasteiger partial charge in [-0.05, 0) is 31.5 Å². The van der Waals surface area contributed by atoms with Gasteiger partial charge < -0.3 is 14.8 Å². The van der Waals surface area contributed by atoms with Crippen LogP contribution in [0, 0.1) is 12.8 Å². The minimum atomic E-state index is -0.0662. The van der Waals surface area contributed by atoms with Crippen molar-refractivity contribution in [3.8, 4) is 11.6 Å². The van der Waals surface area contributed by atoms with Gasteiger partial charge in [0.2, 0.25) is 11.8 Å². The van der Waals surface area contributed by atoms with E-state index >= 15 is 0 Å². The van der Waals surface area contributed by atoms with Crippen molar-refractivity contribution in [3.63, 3.8) is 0 Å². The van der Waals surface area contributed by atoms with Crippen LogP contribution in [0.3, 0.4) is 0 Å². The van der Waals surface area contributed by atoms with E-state index in [1.54, 1.807) is 18.3 Å². The Labute approximate surface area is 129 Å². The molecule has 3 rings (SSSR count). The van der Waals surface area contributed by atoms with Gasteiger partial charge in [-0.25, -0.2) is 4.98 Å². The number of carbonyl (C=O) groups excluding carboxylic acids is 1. The van der Waals surface area contributed by atoms with E-state index in [0.717, 1.165) is 12.2 Å². The number of nitrogens with one attached hydrogen (secondary N) is 1. The minimum absolute atomic E-state index is 0.0218. The normalized spacial score (nSPS) is 17.2. The number of ether oxygens (including phenoxy) is 2. The summed E-state index contributed by atoms with van der Waals surface area (Å²) in [5.41, 5.74) is 1.84. The van der Waals surface area contributed by atoms with Crippen molar-refractivity contribution in [1.29, 1.82) is 0 Å². The predicted octanol–water partition coefficient (Wildman–Crippen LogP) is 3.16. The van der Waals surface area contributed by atoms with Gasteiger partial charge in [-0.1, -0.05) is 17.7 Å². The van der Waals surface area contributed by atoms with E-state index in [1.165, 1.54) is 5.56 Å². The maximum Gasteiger partial charge on any atom is 0.229 e. The standard InChI is InChI=1S/C17H18N2O3/c1-12-2-5-15(6-3-12)22-16-7-4-14(10-18-16)19-17(20)13-8-9-21-11-13/h2-7,10,13H,8-9,11H2,1H3,(H,19,20). The molecule has 1 amide bonds. The Morgan fingerprint density at radius 1 is 1.27 bits per heavy atom. The van der Waals surface area contributed by atoms with Crippen LogP contribution in [-0.4, -0.2) is 24.1 Å². The zero-order valence-electron chi connectivity index (χ0n) is 12.4. The highest BCUT2D eigenvalue weighted by atomic mass is 16.5. The molecule has 0 radical (unpaired) electrons. The molecule has 1 aromatic heterocycles. The number of amides is 1. The quantitative estimate of drug-likeness (QED) is 0.942. The molecule has 1 saturated heterocycles. The fraction of sp³-hybridized carbons (Fsp3) is 0.294. The number of aromatic nitrogens is 1. The van der Waals surface area contributed by atoms with Crippen molar-refractivity contribution >= 4 is 11.6 Å². The van der Waals surface area contributed by atoms with Crippen LogP contribution in [0.4, 0.5) is 5.69 Å². The van der Waals surface area contributed by atoms with Crippen molar-refractivity contribution < 1.29 is 14.3 Å². The summed E-state index contributed by atoms with van der Waals surface area (Å²) < 4.78 is 10.9. The predicted molar refractivity (Wildman–Crippen MR) is 83.0 cm³/mol. The Hall–Kier alpha value is -2.40. The molecule has 22 heavy (non-hydrogen) atoms. The van der Waals surface area contributed by atoms with Crippen molar-refractivity contribution in [1.82, 2.24) is 4.98 Å². The van der Waals surface area contributed by atoms with Crippen LogP contribution >= 0.6 is 0 Å². The van der Waals surface area contributed by atoms with E-state index in [9.17, 15) is 4.79 Å². The van der Waals surface area contributed by atoms with E-state index < -0.39 is 0 Å². The van der Waals surface area contributed by atoms with Crippen LogP contribution in [0.25, 0.3) is 0 Å². The molecular weight excluding hydrogens is 280 g/mol. The van der Waals surface area contributed by atoms with E-state index in [0.29, 0.717) is 24.8 Å². The lowest BCUT2D eigenvalue weighted by Crippen LogP contribution is -2.22. The largest absolute Gasteiger partial charge is 0.439 e. The Balaban J connectivity index is 1.60. The van der Waals surface area contributed by atoms with Crippen molar-refractivity contribution in [3.05, 3.63) is 48.2 Å². The highest BCUT2D eigenvalue weighted by Crippen LogP contribution is 2.21. The van der Waals surface area contributed by atoms with Crippen LogP contribution in [0.1, 0.15) is 12.0 Å². The maximum atomic E-state index is 12.0. The second-order valence-electron chi connectivity index (χ2n) is 5.35. The number of pyridine rings is 1. The number of anilines is 1. The smallest absolute Gasteiger partial charge is 0.229 e. The molecule has 1 aliphatic heterocycles. The molecule has 0 bridgehead atoms. The molecule has 1 fully saturated rings. The average molecular weight is 298 g/mol. The highest BCUT2D eigenvalue weighted by Gasteiger charge is 2.23. The van der Waals surface area contributed by atoms with Crippen molar-refractivity contribution in [2.75, 3.05) is 18.5 Å². The first kappa shape index (κ1) is 14.5.